The zero-order valence-electron chi connectivity index (χ0n) is 12.0. The van der Waals surface area contributed by atoms with E-state index in [1.807, 2.05) is 6.92 Å². The van der Waals surface area contributed by atoms with Crippen molar-refractivity contribution < 1.29 is 13.2 Å². The van der Waals surface area contributed by atoms with Gasteiger partial charge < -0.3 is 4.74 Å². The fourth-order valence-corrected chi connectivity index (χ4v) is 5.28. The number of thiophene rings is 1. The molecule has 0 saturated carbocycles. The first-order valence-corrected chi connectivity index (χ1v) is 9.30. The number of sulfonamides is 1. The molecule has 2 rings (SSSR count). The molecule has 2 heterocycles. The lowest BCUT2D eigenvalue weighted by molar-refractivity contribution is 0.354. The molecule has 0 aliphatic carbocycles. The number of aromatic nitrogens is 3. The molecule has 1 N–H and O–H groups in total. The third kappa shape index (κ3) is 3.38. The van der Waals surface area contributed by atoms with E-state index in [0.717, 1.165) is 11.3 Å². The maximum absolute atomic E-state index is 12.4. The van der Waals surface area contributed by atoms with Gasteiger partial charge in [0.1, 0.15) is 9.23 Å². The molecular formula is C11H14Cl2N4O3S2. The molecule has 7 nitrogen and oxygen atoms in total. The Kier molecular flexibility index (Phi) is 5.33. The van der Waals surface area contributed by atoms with Crippen molar-refractivity contribution in [3.05, 3.63) is 20.6 Å². The van der Waals surface area contributed by atoms with Gasteiger partial charge >= 0.3 is 6.01 Å². The topological polar surface area (TPSA) is 86.1 Å². The van der Waals surface area contributed by atoms with E-state index in [4.69, 9.17) is 27.9 Å². The lowest BCUT2D eigenvalue weighted by atomic mass is 10.3. The van der Waals surface area contributed by atoms with Crippen LogP contribution in [0.15, 0.2) is 11.0 Å². The third-order valence-corrected chi connectivity index (χ3v) is 6.17. The highest BCUT2D eigenvalue weighted by Crippen LogP contribution is 2.34. The highest BCUT2D eigenvalue weighted by Gasteiger charge is 2.26. The summed E-state index contributed by atoms with van der Waals surface area (Å²) in [6.07, 6.45) is 0. The van der Waals surface area contributed by atoms with E-state index >= 15 is 0 Å². The quantitative estimate of drug-likeness (QED) is 0.826. The molecule has 0 unspecified atom stereocenters. The monoisotopic (exact) mass is 384 g/mol. The van der Waals surface area contributed by atoms with Crippen LogP contribution in [-0.2, 0) is 16.6 Å². The Labute approximate surface area is 142 Å². The van der Waals surface area contributed by atoms with E-state index in [0.29, 0.717) is 22.7 Å². The molecule has 0 bridgehead atoms. The van der Waals surface area contributed by atoms with E-state index in [2.05, 4.69) is 14.9 Å². The molecule has 0 aliphatic heterocycles. The van der Waals surface area contributed by atoms with Crippen molar-refractivity contribution in [3.8, 4) is 6.01 Å². The van der Waals surface area contributed by atoms with Gasteiger partial charge in [0.25, 0.3) is 0 Å². The van der Waals surface area contributed by atoms with Crippen LogP contribution in [0.25, 0.3) is 0 Å². The minimum absolute atomic E-state index is 0.0504. The van der Waals surface area contributed by atoms with Gasteiger partial charge in [-0.3, -0.25) is 4.57 Å². The predicted octanol–water partition coefficient (Wildman–Crippen LogP) is 2.71. The number of nitrogens with one attached hydrogen (secondary N) is 1. The minimum Gasteiger partial charge on any atom is -0.467 e. The number of nitrogens with zero attached hydrogens (tertiary/aromatic N) is 3. The maximum atomic E-state index is 12.4. The largest absolute Gasteiger partial charge is 0.467 e. The first kappa shape index (κ1) is 17.5. The Morgan fingerprint density at radius 2 is 2.14 bits per heavy atom. The summed E-state index contributed by atoms with van der Waals surface area (Å²) in [6, 6.07) is 1.02. The molecule has 0 aromatic carbocycles. The van der Waals surface area contributed by atoms with E-state index < -0.39 is 16.1 Å². The van der Waals surface area contributed by atoms with Gasteiger partial charge in [-0.05, 0) is 19.9 Å². The van der Waals surface area contributed by atoms with Crippen LogP contribution < -0.4 is 9.46 Å². The van der Waals surface area contributed by atoms with Gasteiger partial charge in [0.15, 0.2) is 5.82 Å². The number of hydrogen-bond acceptors (Lipinski definition) is 6. The van der Waals surface area contributed by atoms with Crippen LogP contribution in [0.3, 0.4) is 0 Å². The third-order valence-electron chi connectivity index (χ3n) is 2.88. The van der Waals surface area contributed by atoms with Crippen LogP contribution >= 0.6 is 34.5 Å². The van der Waals surface area contributed by atoms with E-state index in [1.165, 1.54) is 13.2 Å². The second-order valence-electron chi connectivity index (χ2n) is 4.32. The van der Waals surface area contributed by atoms with E-state index in [9.17, 15) is 8.42 Å². The van der Waals surface area contributed by atoms with Crippen LogP contribution in [0.1, 0.15) is 25.7 Å². The molecule has 2 aromatic heterocycles. The van der Waals surface area contributed by atoms with Gasteiger partial charge in [0, 0.05) is 6.54 Å². The van der Waals surface area contributed by atoms with Crippen molar-refractivity contribution in [3.63, 3.8) is 0 Å². The number of hydrogen-bond donors (Lipinski definition) is 1. The Morgan fingerprint density at radius 3 is 2.64 bits per heavy atom. The first-order valence-electron chi connectivity index (χ1n) is 6.24. The average Bonchev–Trinajstić information content (AvgIpc) is 3.00. The fraction of sp³-hybridized carbons (Fsp3) is 0.455. The Morgan fingerprint density at radius 1 is 1.45 bits per heavy atom. The van der Waals surface area contributed by atoms with Crippen molar-refractivity contribution >= 4 is 44.6 Å². The smallest absolute Gasteiger partial charge is 0.316 e. The zero-order valence-corrected chi connectivity index (χ0v) is 15.1. The summed E-state index contributed by atoms with van der Waals surface area (Å²) in [6.45, 7) is 4.09. The van der Waals surface area contributed by atoms with Gasteiger partial charge in [-0.15, -0.1) is 16.4 Å². The fourth-order valence-electron chi connectivity index (χ4n) is 1.93. The molecule has 0 amide bonds. The summed E-state index contributed by atoms with van der Waals surface area (Å²) >= 11 is 12.7. The summed E-state index contributed by atoms with van der Waals surface area (Å²) < 4.78 is 34.5. The van der Waals surface area contributed by atoms with Crippen LogP contribution in [-0.4, -0.2) is 30.3 Å². The Hall–Kier alpha value is -0.870. The molecule has 0 radical (unpaired) electrons. The SMILES string of the molecule is CCn1c(OC)nnc1[C@@H](C)NS(=O)(=O)c1cc(Cl)sc1Cl. The molecule has 122 valence electrons. The van der Waals surface area contributed by atoms with Crippen molar-refractivity contribution in [1.29, 1.82) is 0 Å². The summed E-state index contributed by atoms with van der Waals surface area (Å²) in [7, 11) is -2.34. The zero-order chi connectivity index (χ0) is 16.5. The van der Waals surface area contributed by atoms with Gasteiger partial charge in [0.2, 0.25) is 10.0 Å². The van der Waals surface area contributed by atoms with Gasteiger partial charge in [0.05, 0.1) is 17.5 Å². The summed E-state index contributed by atoms with van der Waals surface area (Å²) in [4.78, 5) is -0.0504. The summed E-state index contributed by atoms with van der Waals surface area (Å²) in [5.74, 6) is 0.445. The molecule has 0 saturated heterocycles. The lowest BCUT2D eigenvalue weighted by Crippen LogP contribution is -2.28. The minimum atomic E-state index is -3.82. The van der Waals surface area contributed by atoms with Gasteiger partial charge in [-0.2, -0.15) is 0 Å². The summed E-state index contributed by atoms with van der Waals surface area (Å²) in [5, 5.41) is 7.83. The molecule has 11 heteroatoms. The van der Waals surface area contributed by atoms with Crippen molar-refractivity contribution in [2.75, 3.05) is 7.11 Å². The predicted molar refractivity (Wildman–Crippen MR) is 85.3 cm³/mol. The number of rotatable bonds is 6. The average molecular weight is 385 g/mol. The first-order chi connectivity index (χ1) is 10.3. The van der Waals surface area contributed by atoms with Crippen molar-refractivity contribution in [2.45, 2.75) is 31.3 Å². The second kappa shape index (κ2) is 6.71. The Bertz CT molecular complexity index is 772. The Balaban J connectivity index is 2.30. The molecule has 2 aromatic rings. The second-order valence-corrected chi connectivity index (χ2v) is 8.29. The van der Waals surface area contributed by atoms with Crippen molar-refractivity contribution in [1.82, 2.24) is 19.5 Å². The molecule has 0 aliphatic rings. The van der Waals surface area contributed by atoms with Crippen LogP contribution in [0.5, 0.6) is 6.01 Å². The van der Waals surface area contributed by atoms with Crippen LogP contribution in [0.2, 0.25) is 8.67 Å². The number of halogens is 2. The molecule has 22 heavy (non-hydrogen) atoms. The normalized spacial score (nSPS) is 13.3. The number of ether oxygens (including phenoxy) is 1. The van der Waals surface area contributed by atoms with E-state index in [1.54, 1.807) is 11.5 Å². The van der Waals surface area contributed by atoms with Crippen molar-refractivity contribution in [2.24, 2.45) is 0 Å². The molecule has 1 atom stereocenters. The van der Waals surface area contributed by atoms with Gasteiger partial charge in [-0.25, -0.2) is 13.1 Å². The van der Waals surface area contributed by atoms with E-state index in [-0.39, 0.29) is 9.23 Å². The standard InChI is InChI=1S/C11H14Cl2N4O3S2/c1-4-17-10(14-15-11(17)20-3)6(2)16-22(18,19)7-5-8(12)21-9(7)13/h5-6,16H,4H2,1-3H3/t6-/m1/s1. The number of methoxy groups -OCH3 is 1. The molecular weight excluding hydrogens is 371 g/mol. The highest BCUT2D eigenvalue weighted by molar-refractivity contribution is 7.89. The maximum Gasteiger partial charge on any atom is 0.316 e. The van der Waals surface area contributed by atoms with Crippen LogP contribution in [0.4, 0.5) is 0 Å². The van der Waals surface area contributed by atoms with Gasteiger partial charge in [-0.1, -0.05) is 28.3 Å². The lowest BCUT2D eigenvalue weighted by Gasteiger charge is -2.14. The molecule has 0 spiro atoms. The highest BCUT2D eigenvalue weighted by atomic mass is 35.5. The molecule has 0 fully saturated rings. The summed E-state index contributed by atoms with van der Waals surface area (Å²) in [5.41, 5.74) is 0. The van der Waals surface area contributed by atoms with Crippen LogP contribution in [0, 0.1) is 0 Å².